The Morgan fingerprint density at radius 3 is 2.61 bits per heavy atom. The fourth-order valence-corrected chi connectivity index (χ4v) is 2.59. The molecular weight excluding hydrogens is 310 g/mol. The van der Waals surface area contributed by atoms with Crippen LogP contribution in [0.15, 0.2) is 54.6 Å². The van der Waals surface area contributed by atoms with Crippen molar-refractivity contribution in [2.75, 3.05) is 13.7 Å². The summed E-state index contributed by atoms with van der Waals surface area (Å²) in [6.45, 7) is 0.565. The summed E-state index contributed by atoms with van der Waals surface area (Å²) in [7, 11) is 1.66. The largest absolute Gasteiger partial charge is 0.497 e. The topological polar surface area (TPSA) is 53.1 Å². The fourth-order valence-electron chi connectivity index (χ4n) is 2.47. The smallest absolute Gasteiger partial charge is 0.119 e. The molecular formula is C18H18ClN3O. The van der Waals surface area contributed by atoms with Crippen molar-refractivity contribution in [1.29, 1.82) is 0 Å². The molecule has 0 aliphatic rings. The average Bonchev–Trinajstić information content (AvgIpc) is 3.00. The fraction of sp³-hybridized carbons (Fsp3) is 0.167. The van der Waals surface area contributed by atoms with Gasteiger partial charge in [0.1, 0.15) is 5.75 Å². The highest BCUT2D eigenvalue weighted by Gasteiger charge is 2.12. The van der Waals surface area contributed by atoms with E-state index in [0.717, 1.165) is 34.8 Å². The quantitative estimate of drug-likeness (QED) is 0.777. The van der Waals surface area contributed by atoms with E-state index in [2.05, 4.69) is 11.2 Å². The lowest BCUT2D eigenvalue weighted by Crippen LogP contribution is -2.04. The number of benzene rings is 2. The van der Waals surface area contributed by atoms with Crippen molar-refractivity contribution in [3.63, 3.8) is 0 Å². The third-order valence-electron chi connectivity index (χ3n) is 3.60. The Bertz CT molecular complexity index is 796. The lowest BCUT2D eigenvalue weighted by atomic mass is 10.1. The number of nitrogens with zero attached hydrogens (tertiary/aromatic N) is 2. The maximum Gasteiger partial charge on any atom is 0.119 e. The standard InChI is InChI=1S/C18H18ClN3O/c1-23-17-4-2-3-13(11-17)18-12-15(9-10-20)21-22(18)16-7-5-14(19)6-8-16/h2-8,11-12H,9-10,20H2,1H3. The number of rotatable bonds is 5. The minimum atomic E-state index is 0.565. The van der Waals surface area contributed by atoms with Crippen LogP contribution in [0.5, 0.6) is 5.75 Å². The van der Waals surface area contributed by atoms with E-state index in [-0.39, 0.29) is 0 Å². The highest BCUT2D eigenvalue weighted by molar-refractivity contribution is 6.30. The maximum absolute atomic E-state index is 5.99. The minimum absolute atomic E-state index is 0.565. The third kappa shape index (κ3) is 3.38. The number of hydrogen-bond donors (Lipinski definition) is 1. The van der Waals surface area contributed by atoms with Gasteiger partial charge in [0, 0.05) is 17.0 Å². The van der Waals surface area contributed by atoms with Crippen LogP contribution in [-0.4, -0.2) is 23.4 Å². The van der Waals surface area contributed by atoms with Crippen LogP contribution in [0.1, 0.15) is 5.69 Å². The molecule has 0 atom stereocenters. The molecule has 0 spiro atoms. The molecule has 0 amide bonds. The zero-order chi connectivity index (χ0) is 16.2. The highest BCUT2D eigenvalue weighted by Crippen LogP contribution is 2.27. The summed E-state index contributed by atoms with van der Waals surface area (Å²) < 4.78 is 7.24. The summed E-state index contributed by atoms with van der Waals surface area (Å²) in [6, 6.07) is 17.6. The van der Waals surface area contributed by atoms with Crippen molar-refractivity contribution in [3.05, 3.63) is 65.3 Å². The molecule has 1 heterocycles. The summed E-state index contributed by atoms with van der Waals surface area (Å²) >= 11 is 5.99. The number of hydrogen-bond acceptors (Lipinski definition) is 3. The molecule has 0 radical (unpaired) electrons. The number of aromatic nitrogens is 2. The van der Waals surface area contributed by atoms with Crippen LogP contribution in [0.2, 0.25) is 5.02 Å². The molecule has 0 aliphatic carbocycles. The van der Waals surface area contributed by atoms with Gasteiger partial charge in [-0.2, -0.15) is 5.10 Å². The highest BCUT2D eigenvalue weighted by atomic mass is 35.5. The first-order valence-electron chi connectivity index (χ1n) is 7.40. The molecule has 1 aromatic heterocycles. The zero-order valence-corrected chi connectivity index (χ0v) is 13.6. The SMILES string of the molecule is COc1cccc(-c2cc(CCN)nn2-c2ccc(Cl)cc2)c1. The summed E-state index contributed by atoms with van der Waals surface area (Å²) in [5.41, 5.74) is 9.62. The first kappa shape index (κ1) is 15.6. The Morgan fingerprint density at radius 2 is 1.91 bits per heavy atom. The van der Waals surface area contributed by atoms with Crippen molar-refractivity contribution >= 4 is 11.6 Å². The van der Waals surface area contributed by atoms with Gasteiger partial charge in [-0.05, 0) is 49.0 Å². The molecule has 0 fully saturated rings. The Labute approximate surface area is 140 Å². The molecule has 4 nitrogen and oxygen atoms in total. The van der Waals surface area contributed by atoms with Gasteiger partial charge < -0.3 is 10.5 Å². The maximum atomic E-state index is 5.99. The van der Waals surface area contributed by atoms with Crippen LogP contribution in [0.25, 0.3) is 16.9 Å². The lowest BCUT2D eigenvalue weighted by Gasteiger charge is -2.09. The van der Waals surface area contributed by atoms with Gasteiger partial charge in [-0.25, -0.2) is 4.68 Å². The van der Waals surface area contributed by atoms with Crippen molar-refractivity contribution in [3.8, 4) is 22.7 Å². The van der Waals surface area contributed by atoms with Gasteiger partial charge in [-0.1, -0.05) is 23.7 Å². The van der Waals surface area contributed by atoms with E-state index in [4.69, 9.17) is 22.1 Å². The predicted molar refractivity (Wildman–Crippen MR) is 93.3 cm³/mol. The van der Waals surface area contributed by atoms with Gasteiger partial charge in [0.15, 0.2) is 0 Å². The Balaban J connectivity index is 2.12. The van der Waals surface area contributed by atoms with Crippen LogP contribution < -0.4 is 10.5 Å². The Kier molecular flexibility index (Phi) is 4.65. The van der Waals surface area contributed by atoms with E-state index in [1.807, 2.05) is 53.2 Å². The first-order chi connectivity index (χ1) is 11.2. The molecule has 118 valence electrons. The normalized spacial score (nSPS) is 10.7. The monoisotopic (exact) mass is 327 g/mol. The number of ether oxygens (including phenoxy) is 1. The van der Waals surface area contributed by atoms with Crippen LogP contribution in [-0.2, 0) is 6.42 Å². The average molecular weight is 328 g/mol. The summed E-state index contributed by atoms with van der Waals surface area (Å²) in [4.78, 5) is 0. The summed E-state index contributed by atoms with van der Waals surface area (Å²) in [5, 5.41) is 5.38. The Hall–Kier alpha value is -2.30. The number of nitrogens with two attached hydrogens (primary N) is 1. The van der Waals surface area contributed by atoms with E-state index in [0.29, 0.717) is 11.6 Å². The third-order valence-corrected chi connectivity index (χ3v) is 3.85. The molecule has 0 unspecified atom stereocenters. The summed E-state index contributed by atoms with van der Waals surface area (Å²) in [5.74, 6) is 0.812. The van der Waals surface area contributed by atoms with Gasteiger partial charge in [0.2, 0.25) is 0 Å². The van der Waals surface area contributed by atoms with E-state index in [1.54, 1.807) is 7.11 Å². The second kappa shape index (κ2) is 6.86. The van der Waals surface area contributed by atoms with Gasteiger partial charge in [0.05, 0.1) is 24.2 Å². The molecule has 5 heteroatoms. The molecule has 0 bridgehead atoms. The van der Waals surface area contributed by atoms with Crippen LogP contribution in [0, 0.1) is 0 Å². The molecule has 2 aromatic carbocycles. The van der Waals surface area contributed by atoms with Crippen LogP contribution in [0.3, 0.4) is 0 Å². The van der Waals surface area contributed by atoms with Crippen molar-refractivity contribution < 1.29 is 4.74 Å². The number of halogens is 1. The van der Waals surface area contributed by atoms with Gasteiger partial charge in [-0.3, -0.25) is 0 Å². The van der Waals surface area contributed by atoms with E-state index >= 15 is 0 Å². The predicted octanol–water partition coefficient (Wildman–Crippen LogP) is 3.70. The molecule has 0 saturated heterocycles. The molecule has 2 N–H and O–H groups in total. The zero-order valence-electron chi connectivity index (χ0n) is 12.9. The van der Waals surface area contributed by atoms with Crippen molar-refractivity contribution in [2.24, 2.45) is 5.73 Å². The lowest BCUT2D eigenvalue weighted by molar-refractivity contribution is 0.415. The molecule has 23 heavy (non-hydrogen) atoms. The molecule has 3 rings (SSSR count). The summed E-state index contributed by atoms with van der Waals surface area (Å²) in [6.07, 6.45) is 0.734. The van der Waals surface area contributed by atoms with Crippen LogP contribution >= 0.6 is 11.6 Å². The Morgan fingerprint density at radius 1 is 1.13 bits per heavy atom. The van der Waals surface area contributed by atoms with Gasteiger partial charge >= 0.3 is 0 Å². The first-order valence-corrected chi connectivity index (χ1v) is 7.78. The van der Waals surface area contributed by atoms with Crippen LogP contribution in [0.4, 0.5) is 0 Å². The van der Waals surface area contributed by atoms with Crippen molar-refractivity contribution in [2.45, 2.75) is 6.42 Å². The van der Waals surface area contributed by atoms with Gasteiger partial charge in [0.25, 0.3) is 0 Å². The van der Waals surface area contributed by atoms with E-state index in [9.17, 15) is 0 Å². The number of methoxy groups -OCH3 is 1. The minimum Gasteiger partial charge on any atom is -0.497 e. The van der Waals surface area contributed by atoms with Crippen molar-refractivity contribution in [1.82, 2.24) is 9.78 Å². The van der Waals surface area contributed by atoms with Gasteiger partial charge in [-0.15, -0.1) is 0 Å². The second-order valence-electron chi connectivity index (χ2n) is 5.18. The second-order valence-corrected chi connectivity index (χ2v) is 5.62. The van der Waals surface area contributed by atoms with E-state index < -0.39 is 0 Å². The molecule has 3 aromatic rings. The molecule has 0 aliphatic heterocycles. The molecule has 0 saturated carbocycles. The van der Waals surface area contributed by atoms with E-state index in [1.165, 1.54) is 0 Å².